The molecule has 1 aliphatic heterocycles. The van der Waals surface area contributed by atoms with Crippen LogP contribution in [-0.2, 0) is 6.54 Å². The van der Waals surface area contributed by atoms with E-state index >= 15 is 0 Å². The lowest BCUT2D eigenvalue weighted by atomic mass is 10.1. The van der Waals surface area contributed by atoms with Crippen LogP contribution in [0.2, 0.25) is 0 Å². The van der Waals surface area contributed by atoms with E-state index in [-0.39, 0.29) is 17.5 Å². The van der Waals surface area contributed by atoms with Crippen LogP contribution in [0.3, 0.4) is 0 Å². The minimum Gasteiger partial charge on any atom is -0.365 e. The fraction of sp³-hybridized carbons (Fsp3) is 0.276. The number of rotatable bonds is 4. The first-order chi connectivity index (χ1) is 16.9. The molecule has 2 heterocycles. The van der Waals surface area contributed by atoms with E-state index < -0.39 is 0 Å². The predicted molar refractivity (Wildman–Crippen MR) is 140 cm³/mol. The molecule has 35 heavy (non-hydrogen) atoms. The highest BCUT2D eigenvalue weighted by atomic mass is 16.2. The Morgan fingerprint density at radius 3 is 2.49 bits per heavy atom. The van der Waals surface area contributed by atoms with Crippen LogP contribution in [0.15, 0.2) is 77.6 Å². The quantitative estimate of drug-likeness (QED) is 0.447. The van der Waals surface area contributed by atoms with Crippen LogP contribution in [0.1, 0.15) is 34.1 Å². The number of benzene rings is 3. The van der Waals surface area contributed by atoms with Gasteiger partial charge in [-0.2, -0.15) is 0 Å². The molecule has 1 fully saturated rings. The van der Waals surface area contributed by atoms with Crippen molar-refractivity contribution in [3.63, 3.8) is 0 Å². The van der Waals surface area contributed by atoms with Crippen molar-refractivity contribution in [1.82, 2.24) is 14.5 Å². The Morgan fingerprint density at radius 2 is 1.74 bits per heavy atom. The molecule has 0 N–H and O–H groups in total. The topological polar surface area (TPSA) is 58.4 Å². The molecule has 0 saturated carbocycles. The molecule has 0 spiro atoms. The summed E-state index contributed by atoms with van der Waals surface area (Å²) in [5.74, 6) is 0.0506. The van der Waals surface area contributed by atoms with Gasteiger partial charge < -0.3 is 14.4 Å². The molecule has 1 unspecified atom stereocenters. The van der Waals surface area contributed by atoms with Gasteiger partial charge in [-0.05, 0) is 68.3 Å². The number of fused-ring (bicyclic) bond motifs is 1. The summed E-state index contributed by atoms with van der Waals surface area (Å²) in [5.41, 5.74) is 6.09. The molecule has 4 aromatic rings. The summed E-state index contributed by atoms with van der Waals surface area (Å²) in [6.45, 7) is 8.64. The number of piperazine rings is 1. The van der Waals surface area contributed by atoms with E-state index in [2.05, 4.69) is 48.0 Å². The van der Waals surface area contributed by atoms with Gasteiger partial charge in [0.15, 0.2) is 0 Å². The lowest BCUT2D eigenvalue weighted by Gasteiger charge is -2.41. The highest BCUT2D eigenvalue weighted by Crippen LogP contribution is 2.23. The van der Waals surface area contributed by atoms with E-state index in [1.165, 1.54) is 11.3 Å². The normalized spacial score (nSPS) is 16.0. The molecule has 1 aromatic heterocycles. The first-order valence-electron chi connectivity index (χ1n) is 12.1. The van der Waals surface area contributed by atoms with Crippen LogP contribution in [0.25, 0.3) is 11.0 Å². The van der Waals surface area contributed by atoms with Crippen molar-refractivity contribution >= 4 is 22.6 Å². The Hall–Kier alpha value is -3.93. The number of carbonyl (C=O) groups excluding carboxylic acids is 1. The van der Waals surface area contributed by atoms with Crippen molar-refractivity contribution < 1.29 is 4.79 Å². The number of nitrogens with zero attached hydrogens (tertiary/aromatic N) is 4. The van der Waals surface area contributed by atoms with Gasteiger partial charge in [0.2, 0.25) is 0 Å². The van der Waals surface area contributed by atoms with Crippen molar-refractivity contribution in [3.05, 3.63) is 106 Å². The molecule has 1 amide bonds. The summed E-state index contributed by atoms with van der Waals surface area (Å²) in [6, 6.07) is 24.1. The summed E-state index contributed by atoms with van der Waals surface area (Å²) < 4.78 is 1.75. The first kappa shape index (κ1) is 22.8. The highest BCUT2D eigenvalue weighted by Gasteiger charge is 2.27. The van der Waals surface area contributed by atoms with Gasteiger partial charge in [-0.3, -0.25) is 9.59 Å². The van der Waals surface area contributed by atoms with E-state index in [9.17, 15) is 9.59 Å². The minimum absolute atomic E-state index is 0.0506. The number of amides is 1. The van der Waals surface area contributed by atoms with Gasteiger partial charge in [-0.15, -0.1) is 0 Å². The molecule has 5 rings (SSSR count). The van der Waals surface area contributed by atoms with Crippen LogP contribution in [0.4, 0.5) is 5.69 Å². The Kier molecular flexibility index (Phi) is 6.12. The van der Waals surface area contributed by atoms with Gasteiger partial charge in [-0.25, -0.2) is 4.98 Å². The molecule has 1 aliphatic rings. The average molecular weight is 467 g/mol. The molecule has 6 heteroatoms. The molecule has 0 radical (unpaired) electrons. The summed E-state index contributed by atoms with van der Waals surface area (Å²) in [6.07, 6.45) is 0. The Bertz CT molecular complexity index is 1440. The van der Waals surface area contributed by atoms with Crippen molar-refractivity contribution in [2.75, 3.05) is 24.5 Å². The number of hydrogen-bond acceptors (Lipinski definition) is 4. The Morgan fingerprint density at radius 1 is 0.971 bits per heavy atom. The third-order valence-corrected chi connectivity index (χ3v) is 6.80. The highest BCUT2D eigenvalue weighted by molar-refractivity contribution is 5.94. The van der Waals surface area contributed by atoms with Crippen molar-refractivity contribution in [2.45, 2.75) is 33.4 Å². The van der Waals surface area contributed by atoms with Crippen LogP contribution in [0.5, 0.6) is 0 Å². The fourth-order valence-electron chi connectivity index (χ4n) is 4.93. The van der Waals surface area contributed by atoms with Crippen molar-refractivity contribution in [1.29, 1.82) is 0 Å². The van der Waals surface area contributed by atoms with Crippen LogP contribution >= 0.6 is 0 Å². The second-order valence-corrected chi connectivity index (χ2v) is 9.41. The molecular formula is C29H30N4O2. The molecule has 1 atom stereocenters. The number of anilines is 1. The maximum absolute atomic E-state index is 13.2. The molecule has 6 nitrogen and oxygen atoms in total. The maximum Gasteiger partial charge on any atom is 0.272 e. The predicted octanol–water partition coefficient (Wildman–Crippen LogP) is 4.41. The van der Waals surface area contributed by atoms with Crippen LogP contribution in [0, 0.1) is 13.8 Å². The maximum atomic E-state index is 13.2. The average Bonchev–Trinajstić information content (AvgIpc) is 2.86. The lowest BCUT2D eigenvalue weighted by molar-refractivity contribution is 0.0726. The summed E-state index contributed by atoms with van der Waals surface area (Å²) in [5, 5.41) is 0. The smallest absolute Gasteiger partial charge is 0.272 e. The number of para-hydroxylation sites is 2. The molecule has 0 bridgehead atoms. The summed E-state index contributed by atoms with van der Waals surface area (Å²) in [4.78, 5) is 34.7. The zero-order chi connectivity index (χ0) is 24.5. The van der Waals surface area contributed by atoms with E-state index in [0.29, 0.717) is 30.9 Å². The molecule has 3 aromatic carbocycles. The monoisotopic (exact) mass is 466 g/mol. The Balaban J connectivity index is 1.30. The second-order valence-electron chi connectivity index (χ2n) is 9.41. The van der Waals surface area contributed by atoms with Crippen LogP contribution < -0.4 is 10.5 Å². The minimum atomic E-state index is -0.0932. The van der Waals surface area contributed by atoms with E-state index in [4.69, 9.17) is 0 Å². The van der Waals surface area contributed by atoms with Crippen molar-refractivity contribution in [3.8, 4) is 0 Å². The van der Waals surface area contributed by atoms with E-state index in [1.807, 2.05) is 53.4 Å². The van der Waals surface area contributed by atoms with Crippen molar-refractivity contribution in [2.24, 2.45) is 0 Å². The lowest BCUT2D eigenvalue weighted by Crippen LogP contribution is -2.53. The van der Waals surface area contributed by atoms with E-state index in [1.54, 1.807) is 11.5 Å². The largest absolute Gasteiger partial charge is 0.365 e. The number of hydrogen-bond donors (Lipinski definition) is 0. The van der Waals surface area contributed by atoms with Gasteiger partial charge in [0, 0.05) is 36.9 Å². The summed E-state index contributed by atoms with van der Waals surface area (Å²) >= 11 is 0. The van der Waals surface area contributed by atoms with Gasteiger partial charge >= 0.3 is 0 Å². The third-order valence-electron chi connectivity index (χ3n) is 6.80. The molecule has 1 saturated heterocycles. The molecule has 0 aliphatic carbocycles. The SMILES string of the molecule is Cc1cccc(N2CCN(C(=O)c3ccc(Cn4c(=O)c(C)nc5ccccc54)cc3)CC2C)c1. The van der Waals surface area contributed by atoms with Gasteiger partial charge in [0.05, 0.1) is 17.6 Å². The second kappa shape index (κ2) is 9.37. The molecule has 178 valence electrons. The zero-order valence-corrected chi connectivity index (χ0v) is 20.4. The number of carbonyl (C=O) groups is 1. The van der Waals surface area contributed by atoms with Gasteiger partial charge in [0.25, 0.3) is 11.5 Å². The van der Waals surface area contributed by atoms with Crippen LogP contribution in [-0.4, -0.2) is 46.0 Å². The third kappa shape index (κ3) is 4.56. The number of aromatic nitrogens is 2. The van der Waals surface area contributed by atoms with Gasteiger partial charge in [-0.1, -0.05) is 36.4 Å². The first-order valence-corrected chi connectivity index (χ1v) is 12.1. The van der Waals surface area contributed by atoms with E-state index in [0.717, 1.165) is 23.1 Å². The number of aryl methyl sites for hydroxylation is 2. The van der Waals surface area contributed by atoms with Gasteiger partial charge in [0.1, 0.15) is 5.69 Å². The fourth-order valence-corrected chi connectivity index (χ4v) is 4.93. The molecular weight excluding hydrogens is 436 g/mol. The summed E-state index contributed by atoms with van der Waals surface area (Å²) in [7, 11) is 0. The Labute approximate surface area is 205 Å². The zero-order valence-electron chi connectivity index (χ0n) is 20.4. The standard InChI is InChI=1S/C29H30N4O2/c1-20-7-6-8-25(17-20)32-16-15-31(18-21(32)2)29(35)24-13-11-23(12-14-24)19-33-27-10-5-4-9-26(27)30-22(3)28(33)34/h4-14,17,21H,15-16,18-19H2,1-3H3.